The molecule has 0 spiro atoms. The molecule has 0 fully saturated rings. The second kappa shape index (κ2) is 5.69. The minimum absolute atomic E-state index is 0.117. The Morgan fingerprint density at radius 1 is 1.38 bits per heavy atom. The molecule has 0 bridgehead atoms. The van der Waals surface area contributed by atoms with E-state index in [1.807, 2.05) is 45.6 Å². The van der Waals surface area contributed by atoms with Crippen LogP contribution in [0.2, 0.25) is 0 Å². The zero-order chi connectivity index (χ0) is 14.8. The third-order valence-electron chi connectivity index (χ3n) is 3.21. The number of imidazole rings is 1. The molecule has 1 N–H and O–H groups in total. The highest BCUT2D eigenvalue weighted by atomic mass is 32.1. The van der Waals surface area contributed by atoms with Crippen LogP contribution >= 0.6 is 11.3 Å². The summed E-state index contributed by atoms with van der Waals surface area (Å²) in [5, 5.41) is 7.00. The fourth-order valence-corrected chi connectivity index (χ4v) is 2.85. The highest BCUT2D eigenvalue weighted by Crippen LogP contribution is 2.27. The van der Waals surface area contributed by atoms with E-state index in [2.05, 4.69) is 24.1 Å². The van der Waals surface area contributed by atoms with Gasteiger partial charge in [0.2, 0.25) is 0 Å². The maximum atomic E-state index is 12.5. The number of hydrogen-bond donors (Lipinski definition) is 1. The van der Waals surface area contributed by atoms with Gasteiger partial charge in [-0.05, 0) is 29.5 Å². The summed E-state index contributed by atoms with van der Waals surface area (Å²) >= 11 is 1.61. The molecule has 0 aromatic carbocycles. The number of nitrogens with zero attached hydrogens (tertiary/aromatic N) is 2. The van der Waals surface area contributed by atoms with Gasteiger partial charge in [-0.3, -0.25) is 9.20 Å². The Labute approximate surface area is 127 Å². The van der Waals surface area contributed by atoms with Crippen molar-refractivity contribution in [2.24, 2.45) is 5.92 Å². The zero-order valence-electron chi connectivity index (χ0n) is 12.0. The Morgan fingerprint density at radius 2 is 2.24 bits per heavy atom. The molecule has 3 aromatic heterocycles. The van der Waals surface area contributed by atoms with E-state index in [0.717, 1.165) is 16.9 Å². The van der Waals surface area contributed by atoms with E-state index in [-0.39, 0.29) is 5.91 Å². The second-order valence-electron chi connectivity index (χ2n) is 5.35. The number of pyridine rings is 1. The van der Waals surface area contributed by atoms with Crippen molar-refractivity contribution < 1.29 is 4.79 Å². The van der Waals surface area contributed by atoms with Crippen LogP contribution in [0.4, 0.5) is 0 Å². The zero-order valence-corrected chi connectivity index (χ0v) is 12.9. The molecular formula is C16H17N3OS. The molecule has 108 valence electrons. The molecule has 0 radical (unpaired) electrons. The van der Waals surface area contributed by atoms with E-state index in [4.69, 9.17) is 0 Å². The summed E-state index contributed by atoms with van der Waals surface area (Å²) < 4.78 is 1.96. The van der Waals surface area contributed by atoms with Gasteiger partial charge in [0, 0.05) is 23.7 Å². The fourth-order valence-electron chi connectivity index (χ4n) is 2.21. The van der Waals surface area contributed by atoms with Gasteiger partial charge >= 0.3 is 0 Å². The van der Waals surface area contributed by atoms with Crippen molar-refractivity contribution in [2.45, 2.75) is 13.8 Å². The van der Waals surface area contributed by atoms with Gasteiger partial charge in [-0.15, -0.1) is 0 Å². The smallest absolute Gasteiger partial charge is 0.272 e. The van der Waals surface area contributed by atoms with Crippen molar-refractivity contribution in [2.75, 3.05) is 6.54 Å². The first kappa shape index (κ1) is 13.8. The first-order chi connectivity index (χ1) is 10.2. The number of thiophene rings is 1. The molecule has 0 atom stereocenters. The molecule has 3 heterocycles. The molecule has 4 nitrogen and oxygen atoms in total. The summed E-state index contributed by atoms with van der Waals surface area (Å²) in [4.78, 5) is 17.0. The van der Waals surface area contributed by atoms with Crippen LogP contribution in [0.15, 0.2) is 41.2 Å². The number of carbonyl (C=O) groups excluding carboxylic acids is 1. The van der Waals surface area contributed by atoms with E-state index >= 15 is 0 Å². The third-order valence-corrected chi connectivity index (χ3v) is 3.89. The lowest BCUT2D eigenvalue weighted by atomic mass is 10.2. The molecule has 0 saturated heterocycles. The predicted octanol–water partition coefficient (Wildman–Crippen LogP) is 3.45. The average Bonchev–Trinajstić information content (AvgIpc) is 3.10. The minimum Gasteiger partial charge on any atom is -0.350 e. The van der Waals surface area contributed by atoms with Crippen LogP contribution in [-0.4, -0.2) is 21.8 Å². The standard InChI is InChI=1S/C16H17N3OS/c1-11(2)9-17-16(20)14-15(12-6-8-21-10-12)19-7-4-3-5-13(19)18-14/h3-8,10-11H,9H2,1-2H3,(H,17,20). The first-order valence-corrected chi connectivity index (χ1v) is 7.89. The maximum absolute atomic E-state index is 12.5. The number of amides is 1. The molecule has 0 aliphatic rings. The lowest BCUT2D eigenvalue weighted by Gasteiger charge is -2.07. The summed E-state index contributed by atoms with van der Waals surface area (Å²) in [6.07, 6.45) is 1.94. The lowest BCUT2D eigenvalue weighted by molar-refractivity contribution is 0.0945. The van der Waals surface area contributed by atoms with Gasteiger partial charge in [-0.1, -0.05) is 19.9 Å². The van der Waals surface area contributed by atoms with Crippen LogP contribution in [0.3, 0.4) is 0 Å². The van der Waals surface area contributed by atoms with E-state index in [1.165, 1.54) is 0 Å². The molecule has 1 amide bonds. The number of aromatic nitrogens is 2. The number of nitrogens with one attached hydrogen (secondary N) is 1. The summed E-state index contributed by atoms with van der Waals surface area (Å²) in [6, 6.07) is 7.80. The van der Waals surface area contributed by atoms with Crippen LogP contribution in [0.5, 0.6) is 0 Å². The highest BCUT2D eigenvalue weighted by molar-refractivity contribution is 7.08. The molecule has 0 unspecified atom stereocenters. The summed E-state index contributed by atoms with van der Waals surface area (Å²) in [7, 11) is 0. The predicted molar refractivity (Wildman–Crippen MR) is 85.7 cm³/mol. The molecule has 21 heavy (non-hydrogen) atoms. The largest absolute Gasteiger partial charge is 0.350 e. The van der Waals surface area contributed by atoms with Crippen LogP contribution in [0, 0.1) is 5.92 Å². The average molecular weight is 299 g/mol. The monoisotopic (exact) mass is 299 g/mol. The van der Waals surface area contributed by atoms with Crippen LogP contribution in [0.25, 0.3) is 16.9 Å². The molecule has 0 saturated carbocycles. The number of hydrogen-bond acceptors (Lipinski definition) is 3. The maximum Gasteiger partial charge on any atom is 0.272 e. The second-order valence-corrected chi connectivity index (χ2v) is 6.13. The van der Waals surface area contributed by atoms with E-state index < -0.39 is 0 Å². The van der Waals surface area contributed by atoms with Gasteiger partial charge in [-0.25, -0.2) is 4.98 Å². The van der Waals surface area contributed by atoms with Crippen molar-refractivity contribution in [3.05, 3.63) is 46.9 Å². The number of carbonyl (C=O) groups is 1. The van der Waals surface area contributed by atoms with Gasteiger partial charge in [0.05, 0.1) is 5.69 Å². The Kier molecular flexibility index (Phi) is 3.75. The van der Waals surface area contributed by atoms with E-state index in [0.29, 0.717) is 18.2 Å². The van der Waals surface area contributed by atoms with Crippen molar-refractivity contribution in [1.82, 2.24) is 14.7 Å². The molecule has 0 aliphatic heterocycles. The molecule has 0 aliphatic carbocycles. The van der Waals surface area contributed by atoms with Crippen LogP contribution in [-0.2, 0) is 0 Å². The van der Waals surface area contributed by atoms with Gasteiger partial charge in [0.15, 0.2) is 5.69 Å². The topological polar surface area (TPSA) is 46.4 Å². The highest BCUT2D eigenvalue weighted by Gasteiger charge is 2.20. The normalized spacial score (nSPS) is 11.2. The molecule has 3 aromatic rings. The Hall–Kier alpha value is -2.14. The summed E-state index contributed by atoms with van der Waals surface area (Å²) in [6.45, 7) is 4.79. The summed E-state index contributed by atoms with van der Waals surface area (Å²) in [5.74, 6) is 0.296. The van der Waals surface area contributed by atoms with E-state index in [9.17, 15) is 4.79 Å². The molecule has 5 heteroatoms. The Morgan fingerprint density at radius 3 is 2.95 bits per heavy atom. The van der Waals surface area contributed by atoms with Gasteiger partial charge in [-0.2, -0.15) is 11.3 Å². The SMILES string of the molecule is CC(C)CNC(=O)c1nc2ccccn2c1-c1ccsc1. The first-order valence-electron chi connectivity index (χ1n) is 6.94. The van der Waals surface area contributed by atoms with Crippen molar-refractivity contribution >= 4 is 22.9 Å². The van der Waals surface area contributed by atoms with Crippen LogP contribution in [0.1, 0.15) is 24.3 Å². The molecular weight excluding hydrogens is 282 g/mol. The number of rotatable bonds is 4. The van der Waals surface area contributed by atoms with Crippen molar-refractivity contribution in [3.63, 3.8) is 0 Å². The van der Waals surface area contributed by atoms with Gasteiger partial charge in [0.25, 0.3) is 5.91 Å². The Bertz CT molecular complexity index is 759. The fraction of sp³-hybridized carbons (Fsp3) is 0.250. The number of fused-ring (bicyclic) bond motifs is 1. The van der Waals surface area contributed by atoms with Crippen molar-refractivity contribution in [1.29, 1.82) is 0 Å². The Balaban J connectivity index is 2.09. The third kappa shape index (κ3) is 2.69. The minimum atomic E-state index is -0.117. The summed E-state index contributed by atoms with van der Waals surface area (Å²) in [5.41, 5.74) is 3.15. The van der Waals surface area contributed by atoms with E-state index in [1.54, 1.807) is 11.3 Å². The molecule has 3 rings (SSSR count). The quantitative estimate of drug-likeness (QED) is 0.802. The van der Waals surface area contributed by atoms with Gasteiger partial charge in [0.1, 0.15) is 5.65 Å². The van der Waals surface area contributed by atoms with Crippen molar-refractivity contribution in [3.8, 4) is 11.3 Å². The lowest BCUT2D eigenvalue weighted by Crippen LogP contribution is -2.28. The van der Waals surface area contributed by atoms with Crippen LogP contribution < -0.4 is 5.32 Å². The van der Waals surface area contributed by atoms with Gasteiger partial charge < -0.3 is 5.32 Å².